The molecule has 0 spiro atoms. The fraction of sp³-hybridized carbons (Fsp3) is 0.0667. The van der Waals surface area contributed by atoms with Gasteiger partial charge in [-0.2, -0.15) is 0 Å². The summed E-state index contributed by atoms with van der Waals surface area (Å²) in [5.41, 5.74) is 1.80. The number of methoxy groups -OCH3 is 1. The van der Waals surface area contributed by atoms with Gasteiger partial charge < -0.3 is 4.74 Å². The largest absolute Gasteiger partial charge is 0.465 e. The minimum Gasteiger partial charge on any atom is -0.465 e. The van der Waals surface area contributed by atoms with E-state index >= 15 is 0 Å². The zero-order valence-corrected chi connectivity index (χ0v) is 13.2. The average Bonchev–Trinajstić information content (AvgIpc) is 2.52. The number of hydrogen-bond donors (Lipinski definition) is 0. The highest BCUT2D eigenvalue weighted by Crippen LogP contribution is 2.37. The van der Waals surface area contributed by atoms with E-state index in [4.69, 9.17) is 34.8 Å². The smallest absolute Gasteiger partial charge is 0.337 e. The second kappa shape index (κ2) is 6.94. The summed E-state index contributed by atoms with van der Waals surface area (Å²) in [5, 5.41) is 0.948. The number of carbonyl (C=O) groups is 1. The Balaban J connectivity index is 2.22. The Labute approximate surface area is 137 Å². The summed E-state index contributed by atoms with van der Waals surface area (Å²) >= 11 is 17.9. The van der Waals surface area contributed by atoms with Crippen LogP contribution in [0.3, 0.4) is 0 Å². The molecule has 2 aromatic carbocycles. The number of nitrogens with zero attached hydrogens (tertiary/aromatic N) is 1. The van der Waals surface area contributed by atoms with Crippen molar-refractivity contribution in [2.45, 2.75) is 0 Å². The number of rotatable bonds is 3. The van der Waals surface area contributed by atoms with E-state index in [-0.39, 0.29) is 11.0 Å². The van der Waals surface area contributed by atoms with Crippen molar-refractivity contribution >= 4 is 52.7 Å². The van der Waals surface area contributed by atoms with Crippen molar-refractivity contribution in [3.63, 3.8) is 0 Å². The third-order valence-corrected chi connectivity index (χ3v) is 3.98. The van der Waals surface area contributed by atoms with Crippen LogP contribution in [0, 0.1) is 0 Å². The van der Waals surface area contributed by atoms with Crippen molar-refractivity contribution in [1.29, 1.82) is 0 Å². The minimum atomic E-state index is -0.383. The summed E-state index contributed by atoms with van der Waals surface area (Å²) in [6.45, 7) is 0. The molecule has 0 aliphatic heterocycles. The van der Waals surface area contributed by atoms with Gasteiger partial charge in [-0.1, -0.05) is 46.9 Å². The van der Waals surface area contributed by atoms with E-state index in [0.29, 0.717) is 21.3 Å². The molecule has 2 aromatic rings. The normalized spacial score (nSPS) is 10.9. The topological polar surface area (TPSA) is 38.7 Å². The molecule has 2 rings (SSSR count). The van der Waals surface area contributed by atoms with Gasteiger partial charge in [0.25, 0.3) is 0 Å². The highest BCUT2D eigenvalue weighted by Gasteiger charge is 2.07. The zero-order chi connectivity index (χ0) is 15.4. The van der Waals surface area contributed by atoms with Gasteiger partial charge in [0.15, 0.2) is 0 Å². The van der Waals surface area contributed by atoms with Crippen LogP contribution in [0.5, 0.6) is 0 Å². The van der Waals surface area contributed by atoms with Gasteiger partial charge in [0.05, 0.1) is 33.4 Å². The monoisotopic (exact) mass is 341 g/mol. The van der Waals surface area contributed by atoms with Crippen LogP contribution in [0.25, 0.3) is 0 Å². The van der Waals surface area contributed by atoms with Gasteiger partial charge in [-0.25, -0.2) is 4.79 Å². The van der Waals surface area contributed by atoms with Gasteiger partial charge in [-0.05, 0) is 29.8 Å². The summed E-state index contributed by atoms with van der Waals surface area (Å²) in [7, 11) is 1.34. The van der Waals surface area contributed by atoms with Gasteiger partial charge in [0, 0.05) is 6.21 Å². The van der Waals surface area contributed by atoms with Gasteiger partial charge in [-0.3, -0.25) is 4.99 Å². The second-order valence-corrected chi connectivity index (χ2v) is 5.23. The second-order valence-electron chi connectivity index (χ2n) is 4.07. The molecular weight excluding hydrogens is 333 g/mol. The number of halogens is 3. The summed E-state index contributed by atoms with van der Waals surface area (Å²) < 4.78 is 4.63. The molecule has 0 heterocycles. The molecule has 0 aromatic heterocycles. The van der Waals surface area contributed by atoms with E-state index in [0.717, 1.165) is 5.56 Å². The van der Waals surface area contributed by atoms with Crippen LogP contribution in [-0.4, -0.2) is 19.3 Å². The first-order valence-corrected chi connectivity index (χ1v) is 7.02. The summed E-state index contributed by atoms with van der Waals surface area (Å²) in [6, 6.07) is 10.1. The fourth-order valence-electron chi connectivity index (χ4n) is 1.58. The standard InChI is InChI=1S/C15H10Cl3NO2/c1-21-15(20)10-4-2-9(3-5-10)8-19-12-7-6-11(16)13(17)14(12)18/h2-8H,1H3/b19-8+. The molecule has 0 bridgehead atoms. The first-order valence-electron chi connectivity index (χ1n) is 5.89. The summed E-state index contributed by atoms with van der Waals surface area (Å²) in [4.78, 5) is 15.6. The quantitative estimate of drug-likeness (QED) is 0.438. The number of carbonyl (C=O) groups excluding carboxylic acids is 1. The third-order valence-electron chi connectivity index (χ3n) is 2.70. The Morgan fingerprint density at radius 2 is 1.71 bits per heavy atom. The zero-order valence-electron chi connectivity index (χ0n) is 10.9. The highest BCUT2D eigenvalue weighted by molar-refractivity contribution is 6.49. The first kappa shape index (κ1) is 15.8. The predicted molar refractivity (Wildman–Crippen MR) is 86.5 cm³/mol. The maximum Gasteiger partial charge on any atom is 0.337 e. The Morgan fingerprint density at radius 1 is 1.05 bits per heavy atom. The van der Waals surface area contributed by atoms with Crippen LogP contribution in [0.15, 0.2) is 41.4 Å². The molecule has 0 fully saturated rings. The Morgan fingerprint density at radius 3 is 2.33 bits per heavy atom. The maximum absolute atomic E-state index is 11.3. The van der Waals surface area contributed by atoms with Gasteiger partial charge in [0.2, 0.25) is 0 Å². The number of benzene rings is 2. The lowest BCUT2D eigenvalue weighted by Gasteiger charge is -2.02. The van der Waals surface area contributed by atoms with Crippen LogP contribution in [-0.2, 0) is 4.74 Å². The molecule has 21 heavy (non-hydrogen) atoms. The average molecular weight is 343 g/mol. The molecular formula is C15H10Cl3NO2. The van der Waals surface area contributed by atoms with Crippen molar-refractivity contribution < 1.29 is 9.53 Å². The van der Waals surface area contributed by atoms with E-state index in [9.17, 15) is 4.79 Å². The van der Waals surface area contributed by atoms with Crippen molar-refractivity contribution in [3.05, 3.63) is 62.6 Å². The van der Waals surface area contributed by atoms with E-state index in [1.54, 1.807) is 42.6 Å². The first-order chi connectivity index (χ1) is 10.0. The molecule has 108 valence electrons. The molecule has 0 saturated heterocycles. The van der Waals surface area contributed by atoms with E-state index in [1.165, 1.54) is 7.11 Å². The predicted octanol–water partition coefficient (Wildman–Crippen LogP) is 5.18. The molecule has 0 aliphatic rings. The van der Waals surface area contributed by atoms with Gasteiger partial charge >= 0.3 is 5.97 Å². The van der Waals surface area contributed by atoms with Crippen molar-refractivity contribution in [2.24, 2.45) is 4.99 Å². The van der Waals surface area contributed by atoms with Crippen LogP contribution in [0.1, 0.15) is 15.9 Å². The molecule has 0 unspecified atom stereocenters. The van der Waals surface area contributed by atoms with Crippen LogP contribution >= 0.6 is 34.8 Å². The summed E-state index contributed by atoms with van der Waals surface area (Å²) in [5.74, 6) is -0.383. The van der Waals surface area contributed by atoms with E-state index in [1.807, 2.05) is 0 Å². The fourth-order valence-corrected chi connectivity index (χ4v) is 2.16. The lowest BCUT2D eigenvalue weighted by Crippen LogP contribution is -2.00. The maximum atomic E-state index is 11.3. The summed E-state index contributed by atoms with van der Waals surface area (Å²) in [6.07, 6.45) is 1.62. The SMILES string of the molecule is COC(=O)c1ccc(/C=N/c2ccc(Cl)c(Cl)c2Cl)cc1. The van der Waals surface area contributed by atoms with Crippen molar-refractivity contribution in [2.75, 3.05) is 7.11 Å². The minimum absolute atomic E-state index is 0.272. The van der Waals surface area contributed by atoms with Crippen molar-refractivity contribution in [1.82, 2.24) is 0 Å². The molecule has 0 N–H and O–H groups in total. The Kier molecular flexibility index (Phi) is 5.23. The number of ether oxygens (including phenoxy) is 1. The molecule has 0 saturated carbocycles. The van der Waals surface area contributed by atoms with Crippen LogP contribution < -0.4 is 0 Å². The third kappa shape index (κ3) is 3.76. The molecule has 0 aliphatic carbocycles. The Bertz CT molecular complexity index is 697. The molecule has 6 heteroatoms. The van der Waals surface area contributed by atoms with E-state index < -0.39 is 0 Å². The Hall–Kier alpha value is -1.55. The van der Waals surface area contributed by atoms with Gasteiger partial charge in [-0.15, -0.1) is 0 Å². The number of esters is 1. The molecule has 0 amide bonds. The lowest BCUT2D eigenvalue weighted by molar-refractivity contribution is 0.0601. The van der Waals surface area contributed by atoms with E-state index in [2.05, 4.69) is 9.73 Å². The molecule has 0 radical (unpaired) electrons. The lowest BCUT2D eigenvalue weighted by atomic mass is 10.1. The highest BCUT2D eigenvalue weighted by atomic mass is 35.5. The van der Waals surface area contributed by atoms with Crippen molar-refractivity contribution in [3.8, 4) is 0 Å². The number of hydrogen-bond acceptors (Lipinski definition) is 3. The van der Waals surface area contributed by atoms with Crippen LogP contribution in [0.2, 0.25) is 15.1 Å². The van der Waals surface area contributed by atoms with Gasteiger partial charge in [0.1, 0.15) is 0 Å². The number of aliphatic imine (C=N–C) groups is 1. The molecule has 3 nitrogen and oxygen atoms in total. The molecule has 0 atom stereocenters. The van der Waals surface area contributed by atoms with Crippen LogP contribution in [0.4, 0.5) is 5.69 Å².